The van der Waals surface area contributed by atoms with Crippen molar-refractivity contribution in [1.82, 2.24) is 0 Å². The van der Waals surface area contributed by atoms with Crippen LogP contribution in [0.1, 0.15) is 26.3 Å². The minimum atomic E-state index is 0.205. The average molecular weight is 216 g/mol. The summed E-state index contributed by atoms with van der Waals surface area (Å²) in [4.78, 5) is 0. The van der Waals surface area contributed by atoms with Gasteiger partial charge in [-0.15, -0.1) is 18.2 Å². The Bertz CT molecular complexity index is 374. The Morgan fingerprint density at radius 1 is 1.27 bits per heavy atom. The zero-order valence-electron chi connectivity index (χ0n) is 9.45. The highest BCUT2D eigenvalue weighted by molar-refractivity contribution is 8.03. The van der Waals surface area contributed by atoms with Crippen molar-refractivity contribution in [2.24, 2.45) is 0 Å². The number of rotatable bonds is 2. The monoisotopic (exact) mass is 216 g/mol. The fourth-order valence-electron chi connectivity index (χ4n) is 1.04. The Morgan fingerprint density at radius 2 is 1.87 bits per heavy atom. The summed E-state index contributed by atoms with van der Waals surface area (Å²) in [7, 11) is 0. The molecule has 0 saturated heterocycles. The van der Waals surface area contributed by atoms with Crippen LogP contribution in [0.15, 0.2) is 35.7 Å². The van der Waals surface area contributed by atoms with Crippen molar-refractivity contribution >= 4 is 17.3 Å². The van der Waals surface area contributed by atoms with Crippen LogP contribution in [0.3, 0.4) is 0 Å². The molecule has 0 bridgehead atoms. The van der Waals surface area contributed by atoms with Gasteiger partial charge < -0.3 is 0 Å². The highest BCUT2D eigenvalue weighted by Gasteiger charge is 2.09. The fourth-order valence-corrected chi connectivity index (χ4v) is 1.71. The molecular formula is C14H16S. The SMILES string of the molecule is C#C/C(=C/SC(C)(C)C)c1ccccc1. The smallest absolute Gasteiger partial charge is 0.0378 e. The maximum Gasteiger partial charge on any atom is 0.0378 e. The number of terminal acetylenes is 1. The van der Waals surface area contributed by atoms with Crippen molar-refractivity contribution in [2.75, 3.05) is 0 Å². The Hall–Kier alpha value is -1.13. The van der Waals surface area contributed by atoms with Crippen LogP contribution in [-0.4, -0.2) is 4.75 Å². The maximum absolute atomic E-state index is 5.50. The van der Waals surface area contributed by atoms with Crippen molar-refractivity contribution in [3.8, 4) is 12.3 Å². The van der Waals surface area contributed by atoms with E-state index in [0.717, 1.165) is 11.1 Å². The lowest BCUT2D eigenvalue weighted by Crippen LogP contribution is -2.05. The van der Waals surface area contributed by atoms with Crippen LogP contribution in [0, 0.1) is 12.3 Å². The highest BCUT2D eigenvalue weighted by Crippen LogP contribution is 2.28. The first kappa shape index (κ1) is 11.9. The van der Waals surface area contributed by atoms with Gasteiger partial charge in [-0.1, -0.05) is 57.0 Å². The summed E-state index contributed by atoms with van der Waals surface area (Å²) in [6.45, 7) is 6.52. The van der Waals surface area contributed by atoms with Gasteiger partial charge in [-0.25, -0.2) is 0 Å². The van der Waals surface area contributed by atoms with E-state index in [1.807, 2.05) is 30.3 Å². The second-order valence-electron chi connectivity index (χ2n) is 4.27. The molecule has 1 aromatic rings. The molecule has 0 aliphatic carbocycles. The van der Waals surface area contributed by atoms with Crippen molar-refractivity contribution in [1.29, 1.82) is 0 Å². The Morgan fingerprint density at radius 3 is 2.33 bits per heavy atom. The highest BCUT2D eigenvalue weighted by atomic mass is 32.2. The maximum atomic E-state index is 5.50. The minimum absolute atomic E-state index is 0.205. The van der Waals surface area contributed by atoms with Gasteiger partial charge in [0.1, 0.15) is 0 Å². The largest absolute Gasteiger partial charge is 0.127 e. The fraction of sp³-hybridized carbons (Fsp3) is 0.286. The van der Waals surface area contributed by atoms with Crippen molar-refractivity contribution < 1.29 is 0 Å². The summed E-state index contributed by atoms with van der Waals surface area (Å²) in [5.74, 6) is 2.73. The molecule has 0 radical (unpaired) electrons. The normalized spacial score (nSPS) is 12.3. The van der Waals surface area contributed by atoms with E-state index in [1.54, 1.807) is 11.8 Å². The lowest BCUT2D eigenvalue weighted by atomic mass is 10.1. The molecule has 0 fully saturated rings. The molecule has 0 N–H and O–H groups in total. The van der Waals surface area contributed by atoms with Gasteiger partial charge in [0.15, 0.2) is 0 Å². The molecule has 0 heterocycles. The van der Waals surface area contributed by atoms with E-state index in [-0.39, 0.29) is 4.75 Å². The van der Waals surface area contributed by atoms with E-state index in [0.29, 0.717) is 0 Å². The van der Waals surface area contributed by atoms with Gasteiger partial charge in [0, 0.05) is 10.3 Å². The molecule has 78 valence electrons. The predicted molar refractivity (Wildman–Crippen MR) is 70.6 cm³/mol. The van der Waals surface area contributed by atoms with Crippen molar-refractivity contribution in [2.45, 2.75) is 25.5 Å². The molecule has 0 aliphatic rings. The lowest BCUT2D eigenvalue weighted by molar-refractivity contribution is 0.808. The zero-order valence-corrected chi connectivity index (χ0v) is 10.3. The van der Waals surface area contributed by atoms with Gasteiger partial charge in [-0.05, 0) is 11.0 Å². The number of hydrogen-bond donors (Lipinski definition) is 0. The van der Waals surface area contributed by atoms with Crippen LogP contribution in [0.4, 0.5) is 0 Å². The van der Waals surface area contributed by atoms with E-state index in [9.17, 15) is 0 Å². The second kappa shape index (κ2) is 5.09. The molecule has 0 saturated carbocycles. The Labute approximate surface area is 96.8 Å². The first-order chi connectivity index (χ1) is 7.03. The van der Waals surface area contributed by atoms with Crippen LogP contribution in [0.5, 0.6) is 0 Å². The zero-order chi connectivity index (χ0) is 11.3. The molecule has 1 rings (SSSR count). The molecular weight excluding hydrogens is 200 g/mol. The van der Waals surface area contributed by atoms with Crippen LogP contribution in [0.2, 0.25) is 0 Å². The molecule has 0 amide bonds. The second-order valence-corrected chi connectivity index (χ2v) is 5.97. The van der Waals surface area contributed by atoms with Gasteiger partial charge in [0.25, 0.3) is 0 Å². The van der Waals surface area contributed by atoms with E-state index < -0.39 is 0 Å². The lowest BCUT2D eigenvalue weighted by Gasteiger charge is -2.14. The van der Waals surface area contributed by atoms with Crippen molar-refractivity contribution in [3.05, 3.63) is 41.3 Å². The van der Waals surface area contributed by atoms with Gasteiger partial charge >= 0.3 is 0 Å². The number of allylic oxidation sites excluding steroid dienone is 1. The number of hydrogen-bond acceptors (Lipinski definition) is 1. The van der Waals surface area contributed by atoms with Gasteiger partial charge in [0.05, 0.1) is 0 Å². The summed E-state index contributed by atoms with van der Waals surface area (Å²) in [5.41, 5.74) is 2.06. The van der Waals surface area contributed by atoms with E-state index in [4.69, 9.17) is 6.42 Å². The molecule has 0 unspecified atom stereocenters. The third-order valence-electron chi connectivity index (χ3n) is 1.77. The van der Waals surface area contributed by atoms with Crippen LogP contribution in [-0.2, 0) is 0 Å². The summed E-state index contributed by atoms with van der Waals surface area (Å²) in [6.07, 6.45) is 5.50. The summed E-state index contributed by atoms with van der Waals surface area (Å²) in [6, 6.07) is 10.1. The first-order valence-electron chi connectivity index (χ1n) is 4.93. The topological polar surface area (TPSA) is 0 Å². The van der Waals surface area contributed by atoms with Crippen LogP contribution in [0.25, 0.3) is 5.57 Å². The molecule has 0 nitrogen and oxygen atoms in total. The minimum Gasteiger partial charge on any atom is -0.127 e. The third-order valence-corrected chi connectivity index (χ3v) is 2.83. The Kier molecular flexibility index (Phi) is 4.05. The van der Waals surface area contributed by atoms with Crippen LogP contribution >= 0.6 is 11.8 Å². The molecule has 0 aromatic heterocycles. The quantitative estimate of drug-likeness (QED) is 0.668. The third kappa shape index (κ3) is 4.27. The van der Waals surface area contributed by atoms with Gasteiger partial charge in [-0.2, -0.15) is 0 Å². The summed E-state index contributed by atoms with van der Waals surface area (Å²) in [5, 5.41) is 2.06. The molecule has 0 atom stereocenters. The standard InChI is InChI=1S/C14H16S/c1-5-12(11-15-14(2,3)4)13-9-7-6-8-10-13/h1,6-11H,2-4H3/b12-11-. The molecule has 1 heteroatoms. The summed E-state index contributed by atoms with van der Waals surface area (Å²) < 4.78 is 0.205. The van der Waals surface area contributed by atoms with Crippen molar-refractivity contribution in [3.63, 3.8) is 0 Å². The van der Waals surface area contributed by atoms with E-state index in [2.05, 4.69) is 32.1 Å². The van der Waals surface area contributed by atoms with E-state index in [1.165, 1.54) is 0 Å². The molecule has 0 aliphatic heterocycles. The number of benzene rings is 1. The van der Waals surface area contributed by atoms with Crippen LogP contribution < -0.4 is 0 Å². The Balaban J connectivity index is 2.87. The van der Waals surface area contributed by atoms with E-state index >= 15 is 0 Å². The van der Waals surface area contributed by atoms with Gasteiger partial charge in [0.2, 0.25) is 0 Å². The van der Waals surface area contributed by atoms with Gasteiger partial charge in [-0.3, -0.25) is 0 Å². The predicted octanol–water partition coefficient (Wildman–Crippen LogP) is 4.19. The molecule has 0 spiro atoms. The molecule has 1 aromatic carbocycles. The first-order valence-corrected chi connectivity index (χ1v) is 5.81. The molecule has 15 heavy (non-hydrogen) atoms. The average Bonchev–Trinajstić information content (AvgIpc) is 2.19. The summed E-state index contributed by atoms with van der Waals surface area (Å²) >= 11 is 1.76. The number of thioether (sulfide) groups is 1.